The van der Waals surface area contributed by atoms with Gasteiger partial charge < -0.3 is 20.5 Å². The Balaban J connectivity index is 3.14. The van der Waals surface area contributed by atoms with Crippen LogP contribution in [0.5, 0.6) is 11.5 Å². The van der Waals surface area contributed by atoms with Crippen molar-refractivity contribution in [2.24, 2.45) is 5.73 Å². The third-order valence-electron chi connectivity index (χ3n) is 3.04. The number of carbonyl (C=O) groups is 1. The molecule has 0 aliphatic heterocycles. The Morgan fingerprint density at radius 2 is 1.95 bits per heavy atom. The summed E-state index contributed by atoms with van der Waals surface area (Å²) in [6, 6.07) is 3.66. The van der Waals surface area contributed by atoms with Crippen LogP contribution in [0.1, 0.15) is 31.0 Å². The summed E-state index contributed by atoms with van der Waals surface area (Å²) in [5.74, 6) is 1.34. The van der Waals surface area contributed by atoms with Gasteiger partial charge in [-0.2, -0.15) is 0 Å². The van der Waals surface area contributed by atoms with E-state index in [1.54, 1.807) is 14.2 Å². The van der Waals surface area contributed by atoms with Crippen LogP contribution in [-0.2, 0) is 11.2 Å². The molecule has 0 fully saturated rings. The molecule has 0 aliphatic carbocycles. The van der Waals surface area contributed by atoms with Crippen molar-refractivity contribution in [1.29, 1.82) is 0 Å². The molecule has 0 aromatic heterocycles. The first-order valence-electron chi connectivity index (χ1n) is 6.31. The van der Waals surface area contributed by atoms with Crippen LogP contribution < -0.4 is 20.5 Å². The fraction of sp³-hybridized carbons (Fsp3) is 0.500. The largest absolute Gasteiger partial charge is 0.496 e. The third-order valence-corrected chi connectivity index (χ3v) is 3.04. The van der Waals surface area contributed by atoms with Crippen molar-refractivity contribution in [2.75, 3.05) is 20.8 Å². The molecular weight excluding hydrogens is 244 g/mol. The molecule has 5 heteroatoms. The van der Waals surface area contributed by atoms with Gasteiger partial charge in [0.1, 0.15) is 11.5 Å². The second kappa shape index (κ2) is 6.99. The summed E-state index contributed by atoms with van der Waals surface area (Å²) >= 11 is 0. The minimum atomic E-state index is -0.201. The van der Waals surface area contributed by atoms with Gasteiger partial charge in [-0.25, -0.2) is 0 Å². The van der Waals surface area contributed by atoms with Gasteiger partial charge in [-0.3, -0.25) is 4.79 Å². The average Bonchev–Trinajstić information content (AvgIpc) is 2.45. The van der Waals surface area contributed by atoms with Crippen LogP contribution in [0.25, 0.3) is 0 Å². The molecule has 0 radical (unpaired) electrons. The Kier molecular flexibility index (Phi) is 5.63. The maximum Gasteiger partial charge on any atom is 0.234 e. The predicted octanol–water partition coefficient (Wildman–Crippen LogP) is 1.40. The molecule has 0 saturated carbocycles. The van der Waals surface area contributed by atoms with E-state index in [4.69, 9.17) is 15.2 Å². The molecule has 0 spiro atoms. The third kappa shape index (κ3) is 3.61. The number of ether oxygens (including phenoxy) is 2. The van der Waals surface area contributed by atoms with Gasteiger partial charge >= 0.3 is 0 Å². The first kappa shape index (κ1) is 15.3. The number of hydrogen-bond acceptors (Lipinski definition) is 4. The van der Waals surface area contributed by atoms with E-state index < -0.39 is 0 Å². The fourth-order valence-corrected chi connectivity index (χ4v) is 1.98. The van der Waals surface area contributed by atoms with Crippen molar-refractivity contribution in [2.45, 2.75) is 26.3 Å². The quantitative estimate of drug-likeness (QED) is 0.816. The van der Waals surface area contributed by atoms with Crippen LogP contribution in [0.3, 0.4) is 0 Å². The topological polar surface area (TPSA) is 73.6 Å². The molecule has 1 aromatic rings. The first-order chi connectivity index (χ1) is 9.07. The van der Waals surface area contributed by atoms with Gasteiger partial charge in [-0.15, -0.1) is 0 Å². The first-order valence-corrected chi connectivity index (χ1v) is 6.31. The molecule has 5 nitrogen and oxygen atoms in total. The molecule has 0 heterocycles. The summed E-state index contributed by atoms with van der Waals surface area (Å²) in [5, 5.41) is 2.81. The molecule has 1 rings (SSSR count). The molecule has 1 atom stereocenters. The van der Waals surface area contributed by atoms with E-state index in [1.165, 1.54) is 0 Å². The molecule has 19 heavy (non-hydrogen) atoms. The van der Waals surface area contributed by atoms with E-state index in [2.05, 4.69) is 12.2 Å². The summed E-state index contributed by atoms with van der Waals surface area (Å²) in [4.78, 5) is 11.4. The van der Waals surface area contributed by atoms with Gasteiger partial charge in [-0.1, -0.05) is 6.92 Å². The molecule has 1 amide bonds. The number of amides is 1. The lowest BCUT2D eigenvalue weighted by Gasteiger charge is -2.19. The second-order valence-electron chi connectivity index (χ2n) is 4.25. The van der Waals surface area contributed by atoms with Crippen molar-refractivity contribution in [1.82, 2.24) is 5.32 Å². The van der Waals surface area contributed by atoms with Crippen molar-refractivity contribution >= 4 is 5.91 Å². The molecule has 1 aromatic carbocycles. The van der Waals surface area contributed by atoms with Crippen LogP contribution in [0, 0.1) is 0 Å². The maximum absolute atomic E-state index is 11.4. The highest BCUT2D eigenvalue weighted by Gasteiger charge is 2.16. The van der Waals surface area contributed by atoms with E-state index in [0.717, 1.165) is 29.0 Å². The Morgan fingerprint density at radius 3 is 2.42 bits per heavy atom. The number of nitrogens with one attached hydrogen (secondary N) is 1. The SMILES string of the molecule is CCc1cc(OC)c(C(C)NC(=O)CN)cc1OC. The van der Waals surface area contributed by atoms with Gasteiger partial charge in [0.2, 0.25) is 5.91 Å². The van der Waals surface area contributed by atoms with Gasteiger partial charge in [-0.05, 0) is 31.0 Å². The standard InChI is InChI=1S/C14H22N2O3/c1-5-10-6-13(19-4)11(7-12(10)18-3)9(2)16-14(17)8-15/h6-7,9H,5,8,15H2,1-4H3,(H,16,17). The minimum Gasteiger partial charge on any atom is -0.496 e. The van der Waals surface area contributed by atoms with Crippen molar-refractivity contribution < 1.29 is 14.3 Å². The van der Waals surface area contributed by atoms with E-state index in [1.807, 2.05) is 19.1 Å². The Labute approximate surface area is 114 Å². The van der Waals surface area contributed by atoms with E-state index >= 15 is 0 Å². The molecule has 0 bridgehead atoms. The highest BCUT2D eigenvalue weighted by atomic mass is 16.5. The minimum absolute atomic E-state index is 0.0309. The molecule has 106 valence electrons. The number of rotatable bonds is 6. The van der Waals surface area contributed by atoms with Crippen LogP contribution in [0.4, 0.5) is 0 Å². The van der Waals surface area contributed by atoms with Gasteiger partial charge in [0.25, 0.3) is 0 Å². The van der Waals surface area contributed by atoms with Gasteiger partial charge in [0, 0.05) is 5.56 Å². The average molecular weight is 266 g/mol. The molecule has 0 aliphatic rings. The Morgan fingerprint density at radius 1 is 1.32 bits per heavy atom. The van der Waals surface area contributed by atoms with Crippen LogP contribution in [0.2, 0.25) is 0 Å². The molecule has 0 saturated heterocycles. The summed E-state index contributed by atoms with van der Waals surface area (Å²) < 4.78 is 10.8. The Hall–Kier alpha value is -1.75. The monoisotopic (exact) mass is 266 g/mol. The number of nitrogens with two attached hydrogens (primary N) is 1. The van der Waals surface area contributed by atoms with Crippen molar-refractivity contribution in [3.8, 4) is 11.5 Å². The highest BCUT2D eigenvalue weighted by molar-refractivity contribution is 5.78. The van der Waals surface area contributed by atoms with Crippen LogP contribution in [0.15, 0.2) is 12.1 Å². The Bertz CT molecular complexity index is 447. The fourth-order valence-electron chi connectivity index (χ4n) is 1.98. The number of hydrogen-bond donors (Lipinski definition) is 2. The number of methoxy groups -OCH3 is 2. The number of benzene rings is 1. The molecule has 1 unspecified atom stereocenters. The zero-order valence-corrected chi connectivity index (χ0v) is 11.9. The summed E-state index contributed by atoms with van der Waals surface area (Å²) in [5.41, 5.74) is 7.25. The lowest BCUT2D eigenvalue weighted by atomic mass is 10.0. The normalized spacial score (nSPS) is 11.8. The van der Waals surface area contributed by atoms with Crippen LogP contribution in [-0.4, -0.2) is 26.7 Å². The number of aryl methyl sites for hydroxylation is 1. The van der Waals surface area contributed by atoms with Gasteiger partial charge in [0.15, 0.2) is 0 Å². The zero-order chi connectivity index (χ0) is 14.4. The summed E-state index contributed by atoms with van der Waals surface area (Å²) in [6.07, 6.45) is 0.851. The predicted molar refractivity (Wildman–Crippen MR) is 74.5 cm³/mol. The highest BCUT2D eigenvalue weighted by Crippen LogP contribution is 2.33. The van der Waals surface area contributed by atoms with Crippen LogP contribution >= 0.6 is 0 Å². The zero-order valence-electron chi connectivity index (χ0n) is 11.9. The summed E-state index contributed by atoms with van der Waals surface area (Å²) in [6.45, 7) is 3.91. The van der Waals surface area contributed by atoms with Crippen molar-refractivity contribution in [3.05, 3.63) is 23.3 Å². The molecular formula is C14H22N2O3. The van der Waals surface area contributed by atoms with E-state index in [9.17, 15) is 4.79 Å². The van der Waals surface area contributed by atoms with E-state index in [0.29, 0.717) is 0 Å². The molecule has 3 N–H and O–H groups in total. The second-order valence-corrected chi connectivity index (χ2v) is 4.25. The van der Waals surface area contributed by atoms with Crippen molar-refractivity contribution in [3.63, 3.8) is 0 Å². The lowest BCUT2D eigenvalue weighted by molar-refractivity contribution is -0.120. The number of carbonyl (C=O) groups excluding carboxylic acids is 1. The van der Waals surface area contributed by atoms with E-state index in [-0.39, 0.29) is 18.5 Å². The lowest BCUT2D eigenvalue weighted by Crippen LogP contribution is -2.32. The maximum atomic E-state index is 11.4. The van der Waals surface area contributed by atoms with Gasteiger partial charge in [0.05, 0.1) is 26.8 Å². The smallest absolute Gasteiger partial charge is 0.234 e. The summed E-state index contributed by atoms with van der Waals surface area (Å²) in [7, 11) is 3.25.